The second-order valence-electron chi connectivity index (χ2n) is 3.98. The van der Waals surface area contributed by atoms with E-state index in [-0.39, 0.29) is 7.05 Å². The van der Waals surface area contributed by atoms with Crippen molar-refractivity contribution in [1.29, 1.82) is 0 Å². The first-order valence-electron chi connectivity index (χ1n) is 5.31. The van der Waals surface area contributed by atoms with Crippen LogP contribution in [0, 0.1) is 0 Å². The van der Waals surface area contributed by atoms with Crippen molar-refractivity contribution >= 4 is 24.5 Å². The van der Waals surface area contributed by atoms with Gasteiger partial charge in [0.25, 0.3) is 0 Å². The van der Waals surface area contributed by atoms with E-state index in [0.717, 1.165) is 25.3 Å². The summed E-state index contributed by atoms with van der Waals surface area (Å²) in [5, 5.41) is 13.1. The smallest absolute Gasteiger partial charge is 0.376 e. The summed E-state index contributed by atoms with van der Waals surface area (Å²) in [6.07, 6.45) is 2.43. The minimum Gasteiger partial charge on any atom is -0.437 e. The van der Waals surface area contributed by atoms with Gasteiger partial charge in [-0.05, 0) is 19.8 Å². The van der Waals surface area contributed by atoms with Crippen LogP contribution >= 0.6 is 11.6 Å². The molecule has 1 saturated heterocycles. The van der Waals surface area contributed by atoms with Crippen molar-refractivity contribution in [3.05, 3.63) is 17.5 Å². The van der Waals surface area contributed by atoms with E-state index < -0.39 is 0 Å². The number of aromatic nitrogens is 2. The maximum absolute atomic E-state index is 9.43. The van der Waals surface area contributed by atoms with Crippen LogP contribution in [-0.4, -0.2) is 46.0 Å². The molecule has 1 aromatic rings. The van der Waals surface area contributed by atoms with Gasteiger partial charge >= 0.3 is 7.05 Å². The van der Waals surface area contributed by atoms with Gasteiger partial charge in [0, 0.05) is 18.7 Å². The summed E-state index contributed by atoms with van der Waals surface area (Å²) in [5.74, 6) is 0.734. The van der Waals surface area contributed by atoms with Crippen LogP contribution in [0.25, 0.3) is 0 Å². The lowest BCUT2D eigenvalue weighted by Gasteiger charge is -2.17. The summed E-state index contributed by atoms with van der Waals surface area (Å²) >= 11 is 5.77. The Labute approximate surface area is 100.0 Å². The van der Waals surface area contributed by atoms with Crippen LogP contribution in [0.2, 0.25) is 12.0 Å². The summed E-state index contributed by atoms with van der Waals surface area (Å²) < 4.78 is 0. The van der Waals surface area contributed by atoms with E-state index in [1.165, 1.54) is 6.33 Å². The molecule has 0 bridgehead atoms. The van der Waals surface area contributed by atoms with Crippen LogP contribution in [-0.2, 0) is 0 Å². The first-order valence-corrected chi connectivity index (χ1v) is 5.69. The normalized spacial score (nSPS) is 21.1. The van der Waals surface area contributed by atoms with Crippen molar-refractivity contribution in [2.45, 2.75) is 19.3 Å². The van der Waals surface area contributed by atoms with E-state index in [1.807, 2.05) is 4.81 Å². The molecule has 0 radical (unpaired) electrons. The standard InChI is InChI=1S/C9H14BClN4O/c1-10(16)15-3-2-7(5-15)14-9-4-8(11)12-6-13-9/h4,6-7,16H,2-3,5H2,1H3,(H,12,13,14). The molecule has 1 aliphatic heterocycles. The van der Waals surface area contributed by atoms with E-state index >= 15 is 0 Å². The fraction of sp³-hybridized carbons (Fsp3) is 0.556. The number of nitrogens with one attached hydrogen (secondary N) is 1. The quantitative estimate of drug-likeness (QED) is 0.602. The number of nitrogens with zero attached hydrogens (tertiary/aromatic N) is 3. The highest BCUT2D eigenvalue weighted by atomic mass is 35.5. The third kappa shape index (κ3) is 2.84. The van der Waals surface area contributed by atoms with Gasteiger partial charge in [-0.15, -0.1) is 0 Å². The Morgan fingerprint density at radius 3 is 3.06 bits per heavy atom. The highest BCUT2D eigenvalue weighted by Crippen LogP contribution is 2.16. The average molecular weight is 241 g/mol. The Bertz CT molecular complexity index is 365. The lowest BCUT2D eigenvalue weighted by molar-refractivity contribution is 0.422. The van der Waals surface area contributed by atoms with Crippen LogP contribution in [0.5, 0.6) is 0 Å². The fourth-order valence-corrected chi connectivity index (χ4v) is 2.01. The van der Waals surface area contributed by atoms with Crippen LogP contribution in [0.15, 0.2) is 12.4 Å². The third-order valence-corrected chi connectivity index (χ3v) is 2.94. The zero-order valence-electron chi connectivity index (χ0n) is 9.10. The number of hydrogen-bond acceptors (Lipinski definition) is 5. The number of halogens is 1. The molecular weight excluding hydrogens is 226 g/mol. The topological polar surface area (TPSA) is 61.3 Å². The Balaban J connectivity index is 1.92. The van der Waals surface area contributed by atoms with E-state index in [0.29, 0.717) is 11.2 Å². The SMILES string of the molecule is CB(O)N1CCC(Nc2cc(Cl)ncn2)C1. The van der Waals surface area contributed by atoms with Gasteiger partial charge in [-0.1, -0.05) is 11.6 Å². The Morgan fingerprint density at radius 1 is 1.62 bits per heavy atom. The molecule has 16 heavy (non-hydrogen) atoms. The Kier molecular flexibility index (Phi) is 3.63. The molecule has 0 aliphatic carbocycles. The summed E-state index contributed by atoms with van der Waals surface area (Å²) in [7, 11) is -0.388. The maximum atomic E-state index is 9.43. The predicted molar refractivity (Wildman–Crippen MR) is 64.5 cm³/mol. The molecule has 2 heterocycles. The zero-order chi connectivity index (χ0) is 11.5. The molecule has 1 atom stereocenters. The molecule has 0 amide bonds. The molecule has 2 rings (SSSR count). The van der Waals surface area contributed by atoms with Crippen molar-refractivity contribution in [2.24, 2.45) is 0 Å². The van der Waals surface area contributed by atoms with Crippen molar-refractivity contribution < 1.29 is 5.02 Å². The Morgan fingerprint density at radius 2 is 2.44 bits per heavy atom. The third-order valence-electron chi connectivity index (χ3n) is 2.73. The molecule has 0 saturated carbocycles. The molecular formula is C9H14BClN4O. The average Bonchev–Trinajstić information content (AvgIpc) is 2.66. The lowest BCUT2D eigenvalue weighted by Crippen LogP contribution is -2.36. The van der Waals surface area contributed by atoms with E-state index in [1.54, 1.807) is 12.9 Å². The molecule has 0 aromatic carbocycles. The van der Waals surface area contributed by atoms with Gasteiger partial charge in [-0.25, -0.2) is 9.97 Å². The molecule has 86 valence electrons. The molecule has 1 unspecified atom stereocenters. The van der Waals surface area contributed by atoms with Crippen LogP contribution in [0.1, 0.15) is 6.42 Å². The molecule has 7 heteroatoms. The first kappa shape index (κ1) is 11.6. The second kappa shape index (κ2) is 4.99. The van der Waals surface area contributed by atoms with Crippen LogP contribution < -0.4 is 5.32 Å². The fourth-order valence-electron chi connectivity index (χ4n) is 1.87. The molecule has 0 spiro atoms. The monoisotopic (exact) mass is 240 g/mol. The molecule has 2 N–H and O–H groups in total. The largest absolute Gasteiger partial charge is 0.437 e. The highest BCUT2D eigenvalue weighted by Gasteiger charge is 2.27. The van der Waals surface area contributed by atoms with Crippen molar-refractivity contribution in [1.82, 2.24) is 14.8 Å². The molecule has 1 aromatic heterocycles. The Hall–Kier alpha value is -0.845. The van der Waals surface area contributed by atoms with Gasteiger partial charge in [0.15, 0.2) is 0 Å². The maximum Gasteiger partial charge on any atom is 0.376 e. The van der Waals surface area contributed by atoms with E-state index in [4.69, 9.17) is 11.6 Å². The van der Waals surface area contributed by atoms with Crippen LogP contribution in [0.4, 0.5) is 5.82 Å². The molecule has 1 aliphatic rings. The lowest BCUT2D eigenvalue weighted by atomic mass is 9.86. The summed E-state index contributed by atoms with van der Waals surface area (Å²) in [5.41, 5.74) is 0. The van der Waals surface area contributed by atoms with Crippen molar-refractivity contribution in [3.63, 3.8) is 0 Å². The van der Waals surface area contributed by atoms with Gasteiger partial charge in [0.1, 0.15) is 17.3 Å². The van der Waals surface area contributed by atoms with Gasteiger partial charge < -0.3 is 15.2 Å². The summed E-state index contributed by atoms with van der Waals surface area (Å²) in [6.45, 7) is 3.50. The van der Waals surface area contributed by atoms with Crippen molar-refractivity contribution in [2.75, 3.05) is 18.4 Å². The minimum atomic E-state index is -0.388. The van der Waals surface area contributed by atoms with E-state index in [2.05, 4.69) is 15.3 Å². The summed E-state index contributed by atoms with van der Waals surface area (Å²) in [6, 6.07) is 2.01. The zero-order valence-corrected chi connectivity index (χ0v) is 9.85. The number of hydrogen-bond donors (Lipinski definition) is 2. The second-order valence-corrected chi connectivity index (χ2v) is 4.37. The predicted octanol–water partition coefficient (Wildman–Crippen LogP) is 0.726. The van der Waals surface area contributed by atoms with E-state index in [9.17, 15) is 5.02 Å². The van der Waals surface area contributed by atoms with Crippen molar-refractivity contribution in [3.8, 4) is 0 Å². The highest BCUT2D eigenvalue weighted by molar-refractivity contribution is 6.45. The summed E-state index contributed by atoms with van der Waals surface area (Å²) in [4.78, 5) is 9.92. The minimum absolute atomic E-state index is 0.306. The first-order chi connectivity index (χ1) is 7.65. The molecule has 5 nitrogen and oxygen atoms in total. The van der Waals surface area contributed by atoms with Gasteiger partial charge in [-0.3, -0.25) is 0 Å². The molecule has 1 fully saturated rings. The van der Waals surface area contributed by atoms with Gasteiger partial charge in [0.2, 0.25) is 0 Å². The van der Waals surface area contributed by atoms with Gasteiger partial charge in [0.05, 0.1) is 0 Å². The number of anilines is 1. The number of rotatable bonds is 3. The van der Waals surface area contributed by atoms with Crippen LogP contribution in [0.3, 0.4) is 0 Å². The van der Waals surface area contributed by atoms with Gasteiger partial charge in [-0.2, -0.15) is 0 Å².